The lowest BCUT2D eigenvalue weighted by molar-refractivity contribution is -0.143. The molecule has 1 N–H and O–H groups in total. The molecule has 2 unspecified atom stereocenters. The molecular weight excluding hydrogens is 211 g/mol. The van der Waals surface area contributed by atoms with Crippen LogP contribution in [0.4, 0.5) is 0 Å². The third kappa shape index (κ3) is 7.91. The molecule has 0 aromatic carbocycles. The van der Waals surface area contributed by atoms with Gasteiger partial charge in [-0.25, -0.2) is 0 Å². The lowest BCUT2D eigenvalue weighted by Gasteiger charge is -2.11. The summed E-state index contributed by atoms with van der Waals surface area (Å²) in [4.78, 5) is 29.5. The summed E-state index contributed by atoms with van der Waals surface area (Å²) in [5.74, 6) is -1.22. The first-order valence-corrected chi connectivity index (χ1v) is 5.91. The highest BCUT2D eigenvalue weighted by molar-refractivity contribution is 7.51. The highest BCUT2D eigenvalue weighted by Gasteiger charge is 2.16. The smallest absolute Gasteiger partial charge is 0.325 e. The molecule has 0 aliphatic rings. The Morgan fingerprint density at radius 1 is 1.57 bits per heavy atom. The van der Waals surface area contributed by atoms with Crippen molar-refractivity contribution in [1.82, 2.24) is 0 Å². The number of hydrogen-bond acceptors (Lipinski definition) is 5. The van der Waals surface area contributed by atoms with Gasteiger partial charge in [0.05, 0.1) is 12.5 Å². The van der Waals surface area contributed by atoms with Gasteiger partial charge in [0, 0.05) is 13.6 Å². The normalized spacial score (nSPS) is 16.8. The van der Waals surface area contributed by atoms with Crippen molar-refractivity contribution in [3.8, 4) is 0 Å². The zero-order valence-corrected chi connectivity index (χ0v) is 8.90. The average molecular weight is 224 g/mol. The van der Waals surface area contributed by atoms with E-state index in [-0.39, 0.29) is 13.2 Å². The lowest BCUT2D eigenvalue weighted by Crippen LogP contribution is -2.18. The molecule has 0 fully saturated rings. The Hall–Kier alpha value is -0.710. The quantitative estimate of drug-likeness (QED) is 0.393. The van der Waals surface area contributed by atoms with Crippen molar-refractivity contribution in [2.24, 2.45) is 5.92 Å². The van der Waals surface area contributed by atoms with Crippen molar-refractivity contribution in [3.63, 3.8) is 0 Å². The Labute approximate surface area is 81.7 Å². The molecule has 0 heterocycles. The van der Waals surface area contributed by atoms with Gasteiger partial charge in [0.25, 0.3) is 0 Å². The Morgan fingerprint density at radius 3 is 2.50 bits per heavy atom. The minimum absolute atomic E-state index is 0.140. The van der Waals surface area contributed by atoms with Gasteiger partial charge in [-0.3, -0.25) is 9.36 Å². The fraction of sp³-hybridized carbons (Fsp3) is 0.714. The van der Waals surface area contributed by atoms with Gasteiger partial charge in [-0.1, -0.05) is 0 Å². The summed E-state index contributed by atoms with van der Waals surface area (Å²) in [5, 5.41) is 0. The van der Waals surface area contributed by atoms with Crippen LogP contribution in [0.1, 0.15) is 6.92 Å². The van der Waals surface area contributed by atoms with Gasteiger partial charge in [-0.15, -0.1) is 0 Å². The van der Waals surface area contributed by atoms with Crippen molar-refractivity contribution in [2.45, 2.75) is 6.92 Å². The third-order valence-corrected chi connectivity index (χ3v) is 1.85. The Bertz CT molecular complexity index is 245. The van der Waals surface area contributed by atoms with Gasteiger partial charge >= 0.3 is 13.6 Å². The average Bonchev–Trinajstić information content (AvgIpc) is 2.02. The molecule has 14 heavy (non-hydrogen) atoms. The molecule has 0 bridgehead atoms. The summed E-state index contributed by atoms with van der Waals surface area (Å²) < 4.78 is 19.7. The predicted octanol–water partition coefficient (Wildman–Crippen LogP) is 0.196. The van der Waals surface area contributed by atoms with E-state index in [1.165, 1.54) is 6.92 Å². The fourth-order valence-corrected chi connectivity index (χ4v) is 1.05. The fourth-order valence-electron chi connectivity index (χ4n) is 0.585. The first kappa shape index (κ1) is 13.3. The summed E-state index contributed by atoms with van der Waals surface area (Å²) in [5.41, 5.74) is 0. The van der Waals surface area contributed by atoms with E-state index in [1.807, 2.05) is 0 Å². The predicted molar refractivity (Wildman–Crippen MR) is 47.9 cm³/mol. The standard InChI is InChI=1S/C7H13O6P/c1-6(9)12-4-7(3-8)5-13-14(2,10)11/h3,7H,4-5H2,1-2H3,(H,10,11). The van der Waals surface area contributed by atoms with E-state index >= 15 is 0 Å². The van der Waals surface area contributed by atoms with Crippen LogP contribution >= 0.6 is 7.60 Å². The van der Waals surface area contributed by atoms with Crippen LogP contribution in [0.5, 0.6) is 0 Å². The van der Waals surface area contributed by atoms with E-state index in [2.05, 4.69) is 9.26 Å². The van der Waals surface area contributed by atoms with E-state index in [9.17, 15) is 14.2 Å². The van der Waals surface area contributed by atoms with Gasteiger partial charge in [-0.05, 0) is 0 Å². The number of aldehydes is 1. The molecule has 0 rings (SSSR count). The molecule has 82 valence electrons. The van der Waals surface area contributed by atoms with Gasteiger partial charge in [-0.2, -0.15) is 0 Å². The van der Waals surface area contributed by atoms with Crippen molar-refractivity contribution >= 4 is 19.9 Å². The second-order valence-corrected chi connectivity index (χ2v) is 4.66. The van der Waals surface area contributed by atoms with Crippen molar-refractivity contribution in [2.75, 3.05) is 19.9 Å². The van der Waals surface area contributed by atoms with Gasteiger partial charge in [0.1, 0.15) is 12.9 Å². The lowest BCUT2D eigenvalue weighted by atomic mass is 10.2. The zero-order valence-electron chi connectivity index (χ0n) is 8.00. The molecule has 0 aromatic heterocycles. The maximum absolute atomic E-state index is 10.7. The van der Waals surface area contributed by atoms with E-state index in [4.69, 9.17) is 4.89 Å². The topological polar surface area (TPSA) is 89.9 Å². The highest BCUT2D eigenvalue weighted by atomic mass is 31.2. The molecule has 0 aliphatic carbocycles. The van der Waals surface area contributed by atoms with Crippen LogP contribution in [0, 0.1) is 5.92 Å². The number of carbonyl (C=O) groups is 2. The SMILES string of the molecule is CC(=O)OCC(C=O)COP(C)(=O)O. The van der Waals surface area contributed by atoms with E-state index in [1.54, 1.807) is 0 Å². The molecule has 2 atom stereocenters. The van der Waals surface area contributed by atoms with E-state index in [0.717, 1.165) is 6.66 Å². The highest BCUT2D eigenvalue weighted by Crippen LogP contribution is 2.36. The number of carbonyl (C=O) groups excluding carboxylic acids is 2. The molecule has 7 heteroatoms. The van der Waals surface area contributed by atoms with Crippen LogP contribution in [0.15, 0.2) is 0 Å². The molecule has 0 amide bonds. The molecule has 0 saturated carbocycles. The van der Waals surface area contributed by atoms with Crippen molar-refractivity contribution in [1.29, 1.82) is 0 Å². The summed E-state index contributed by atoms with van der Waals surface area (Å²) in [6.07, 6.45) is 0.512. The van der Waals surface area contributed by atoms with Crippen LogP contribution < -0.4 is 0 Å². The van der Waals surface area contributed by atoms with E-state index in [0.29, 0.717) is 6.29 Å². The molecule has 0 aromatic rings. The molecule has 0 radical (unpaired) electrons. The molecule has 6 nitrogen and oxygen atoms in total. The monoisotopic (exact) mass is 224 g/mol. The summed E-state index contributed by atoms with van der Waals surface area (Å²) in [6.45, 7) is 1.85. The number of esters is 1. The minimum atomic E-state index is -3.58. The van der Waals surface area contributed by atoms with Gasteiger partial charge in [0.2, 0.25) is 0 Å². The van der Waals surface area contributed by atoms with Crippen LogP contribution in [-0.4, -0.2) is 37.0 Å². The minimum Gasteiger partial charge on any atom is -0.465 e. The number of ether oxygens (including phenoxy) is 1. The van der Waals surface area contributed by atoms with Crippen LogP contribution in [-0.2, 0) is 23.4 Å². The number of rotatable bonds is 6. The molecule has 0 saturated heterocycles. The largest absolute Gasteiger partial charge is 0.465 e. The van der Waals surface area contributed by atoms with Gasteiger partial charge in [0.15, 0.2) is 0 Å². The Morgan fingerprint density at radius 2 is 2.14 bits per heavy atom. The number of hydrogen-bond donors (Lipinski definition) is 1. The first-order valence-electron chi connectivity index (χ1n) is 3.88. The summed E-state index contributed by atoms with van der Waals surface area (Å²) in [7, 11) is -3.58. The second kappa shape index (κ2) is 5.90. The molecule has 0 aliphatic heterocycles. The van der Waals surface area contributed by atoms with Crippen LogP contribution in [0.3, 0.4) is 0 Å². The molecule has 0 spiro atoms. The summed E-state index contributed by atoms with van der Waals surface area (Å²) in [6, 6.07) is 0. The van der Waals surface area contributed by atoms with Crippen molar-refractivity contribution < 1.29 is 28.3 Å². The van der Waals surface area contributed by atoms with Crippen molar-refractivity contribution in [3.05, 3.63) is 0 Å². The Balaban J connectivity index is 3.86. The van der Waals surface area contributed by atoms with Crippen LogP contribution in [0.2, 0.25) is 0 Å². The maximum Gasteiger partial charge on any atom is 0.325 e. The van der Waals surface area contributed by atoms with Crippen LogP contribution in [0.25, 0.3) is 0 Å². The van der Waals surface area contributed by atoms with E-state index < -0.39 is 19.5 Å². The third-order valence-electron chi connectivity index (χ3n) is 1.22. The maximum atomic E-state index is 10.7. The Kier molecular flexibility index (Phi) is 5.60. The summed E-state index contributed by atoms with van der Waals surface area (Å²) >= 11 is 0. The zero-order chi connectivity index (χ0) is 11.2. The first-order chi connectivity index (χ1) is 6.35. The second-order valence-electron chi connectivity index (χ2n) is 2.80. The van der Waals surface area contributed by atoms with Gasteiger partial charge < -0.3 is 18.9 Å². The molecular formula is C7H13O6P.